The van der Waals surface area contributed by atoms with E-state index in [1.165, 1.54) is 12.1 Å². The molecule has 0 saturated heterocycles. The normalized spacial score (nSPS) is 10.1. The largest absolute Gasteiger partial charge is 0.507 e. The van der Waals surface area contributed by atoms with E-state index >= 15 is 0 Å². The number of anilines is 1. The van der Waals surface area contributed by atoms with Gasteiger partial charge in [-0.1, -0.05) is 18.2 Å². The van der Waals surface area contributed by atoms with Crippen LogP contribution in [-0.4, -0.2) is 23.6 Å². The molecule has 6 heteroatoms. The number of nitrogens with one attached hydrogen (secondary N) is 1. The van der Waals surface area contributed by atoms with E-state index in [4.69, 9.17) is 4.74 Å². The highest BCUT2D eigenvalue weighted by Gasteiger charge is 2.14. The number of aryl methyl sites for hydroxylation is 1. The summed E-state index contributed by atoms with van der Waals surface area (Å²) < 4.78 is 5.62. The van der Waals surface area contributed by atoms with E-state index < -0.39 is 18.5 Å². The van der Waals surface area contributed by atoms with Crippen LogP contribution in [0.5, 0.6) is 5.75 Å². The molecule has 22 heavy (non-hydrogen) atoms. The summed E-state index contributed by atoms with van der Waals surface area (Å²) in [4.78, 5) is 23.6. The molecule has 0 saturated carbocycles. The lowest BCUT2D eigenvalue weighted by Gasteiger charge is -2.09. The fraction of sp³-hybridized carbons (Fsp3) is 0.125. The number of carbonyl (C=O) groups excluding carboxylic acids is 2. The van der Waals surface area contributed by atoms with Crippen molar-refractivity contribution in [3.63, 3.8) is 0 Å². The van der Waals surface area contributed by atoms with Crippen LogP contribution in [0.2, 0.25) is 0 Å². The first-order valence-corrected chi connectivity index (χ1v) is 7.28. The molecular weight excluding hydrogens is 350 g/mol. The van der Waals surface area contributed by atoms with Crippen molar-refractivity contribution in [2.45, 2.75) is 6.92 Å². The quantitative estimate of drug-likeness (QED) is 0.817. The van der Waals surface area contributed by atoms with E-state index in [1.54, 1.807) is 18.2 Å². The molecule has 0 heterocycles. The van der Waals surface area contributed by atoms with Gasteiger partial charge in [0.2, 0.25) is 0 Å². The number of hydrogen-bond acceptors (Lipinski definition) is 4. The minimum atomic E-state index is -0.753. The zero-order valence-corrected chi connectivity index (χ0v) is 13.4. The molecule has 0 atom stereocenters. The second-order valence-corrected chi connectivity index (χ2v) is 5.48. The van der Waals surface area contributed by atoms with Gasteiger partial charge in [-0.2, -0.15) is 0 Å². The lowest BCUT2D eigenvalue weighted by molar-refractivity contribution is -0.119. The smallest absolute Gasteiger partial charge is 0.342 e. The number of phenolic OH excluding ortho intramolecular Hbond substituents is 1. The molecule has 0 bridgehead atoms. The number of para-hydroxylation sites is 1. The van der Waals surface area contributed by atoms with Crippen LogP contribution in [0.4, 0.5) is 5.69 Å². The van der Waals surface area contributed by atoms with Crippen molar-refractivity contribution in [1.29, 1.82) is 0 Å². The first-order chi connectivity index (χ1) is 10.5. The summed E-state index contributed by atoms with van der Waals surface area (Å²) in [7, 11) is 0. The maximum atomic E-state index is 11.8. The highest BCUT2D eigenvalue weighted by Crippen LogP contribution is 2.23. The van der Waals surface area contributed by atoms with Gasteiger partial charge in [-0.3, -0.25) is 4.79 Å². The summed E-state index contributed by atoms with van der Waals surface area (Å²) in [6.45, 7) is 1.50. The van der Waals surface area contributed by atoms with Gasteiger partial charge in [-0.15, -0.1) is 0 Å². The molecule has 1 amide bonds. The van der Waals surface area contributed by atoms with Crippen molar-refractivity contribution < 1.29 is 19.4 Å². The number of benzene rings is 2. The van der Waals surface area contributed by atoms with Gasteiger partial charge >= 0.3 is 5.97 Å². The first kappa shape index (κ1) is 16.0. The molecule has 0 spiro atoms. The van der Waals surface area contributed by atoms with Gasteiger partial charge in [0.25, 0.3) is 5.91 Å². The van der Waals surface area contributed by atoms with Crippen LogP contribution < -0.4 is 5.32 Å². The Labute approximate surface area is 136 Å². The maximum Gasteiger partial charge on any atom is 0.342 e. The third-order valence-corrected chi connectivity index (χ3v) is 3.51. The second kappa shape index (κ2) is 7.09. The van der Waals surface area contributed by atoms with Crippen LogP contribution in [0, 0.1) is 6.92 Å². The first-order valence-electron chi connectivity index (χ1n) is 6.48. The monoisotopic (exact) mass is 363 g/mol. The zero-order chi connectivity index (χ0) is 16.1. The average Bonchev–Trinajstić information content (AvgIpc) is 2.48. The number of phenols is 1. The molecule has 0 aliphatic heterocycles. The predicted octanol–water partition coefficient (Wildman–Crippen LogP) is 3.26. The molecule has 0 radical (unpaired) electrons. The molecule has 0 aromatic heterocycles. The molecule has 114 valence electrons. The summed E-state index contributed by atoms with van der Waals surface area (Å²) in [6.07, 6.45) is 0. The number of aromatic hydroxyl groups is 1. The molecule has 2 aromatic carbocycles. The van der Waals surface area contributed by atoms with Crippen LogP contribution in [0.3, 0.4) is 0 Å². The zero-order valence-electron chi connectivity index (χ0n) is 11.8. The fourth-order valence-electron chi connectivity index (χ4n) is 1.76. The van der Waals surface area contributed by atoms with E-state index in [-0.39, 0.29) is 11.3 Å². The number of amides is 1. The molecule has 0 fully saturated rings. The van der Waals surface area contributed by atoms with Crippen molar-refractivity contribution in [3.05, 3.63) is 58.1 Å². The number of rotatable bonds is 4. The Hall–Kier alpha value is -2.34. The summed E-state index contributed by atoms with van der Waals surface area (Å²) in [5, 5.41) is 12.2. The lowest BCUT2D eigenvalue weighted by atomic mass is 10.2. The molecule has 2 aromatic rings. The second-order valence-electron chi connectivity index (χ2n) is 4.62. The van der Waals surface area contributed by atoms with E-state index in [0.29, 0.717) is 5.69 Å². The van der Waals surface area contributed by atoms with Crippen molar-refractivity contribution in [2.24, 2.45) is 0 Å². The molecule has 0 aliphatic carbocycles. The molecule has 2 rings (SSSR count). The number of carbonyl (C=O) groups is 2. The van der Waals surface area contributed by atoms with Gasteiger partial charge in [-0.25, -0.2) is 4.79 Å². The molecule has 5 nitrogen and oxygen atoms in total. The van der Waals surface area contributed by atoms with Gasteiger partial charge in [-0.05, 0) is 52.7 Å². The van der Waals surface area contributed by atoms with Crippen LogP contribution in [0.25, 0.3) is 0 Å². The minimum Gasteiger partial charge on any atom is -0.507 e. The Balaban J connectivity index is 1.93. The van der Waals surface area contributed by atoms with Gasteiger partial charge in [0.05, 0.1) is 5.69 Å². The van der Waals surface area contributed by atoms with E-state index in [9.17, 15) is 14.7 Å². The fourth-order valence-corrected chi connectivity index (χ4v) is 2.36. The van der Waals surface area contributed by atoms with Gasteiger partial charge in [0, 0.05) is 4.47 Å². The van der Waals surface area contributed by atoms with Crippen LogP contribution in [-0.2, 0) is 9.53 Å². The Morgan fingerprint density at radius 3 is 2.64 bits per heavy atom. The van der Waals surface area contributed by atoms with E-state index in [1.807, 2.05) is 19.1 Å². The topological polar surface area (TPSA) is 75.6 Å². The van der Waals surface area contributed by atoms with Crippen LogP contribution in [0.1, 0.15) is 15.9 Å². The summed E-state index contributed by atoms with van der Waals surface area (Å²) in [6, 6.07) is 11.5. The van der Waals surface area contributed by atoms with Crippen LogP contribution >= 0.6 is 15.9 Å². The molecule has 0 unspecified atom stereocenters. The van der Waals surface area contributed by atoms with Crippen molar-refractivity contribution in [3.8, 4) is 5.75 Å². The van der Waals surface area contributed by atoms with Gasteiger partial charge in [0.1, 0.15) is 11.3 Å². The number of hydrogen-bond donors (Lipinski definition) is 2. The van der Waals surface area contributed by atoms with Gasteiger partial charge < -0.3 is 15.2 Å². The minimum absolute atomic E-state index is 0.0202. The maximum absolute atomic E-state index is 11.8. The lowest BCUT2D eigenvalue weighted by Crippen LogP contribution is -2.21. The van der Waals surface area contributed by atoms with E-state index in [0.717, 1.165) is 10.0 Å². The SMILES string of the molecule is Cc1ccc(NC(=O)COC(=O)c2ccccc2O)c(Br)c1. The average molecular weight is 364 g/mol. The number of esters is 1. The summed E-state index contributed by atoms with van der Waals surface area (Å²) in [5.41, 5.74) is 1.66. The Bertz CT molecular complexity index is 715. The highest BCUT2D eigenvalue weighted by atomic mass is 79.9. The van der Waals surface area contributed by atoms with Crippen LogP contribution in [0.15, 0.2) is 46.9 Å². The Morgan fingerprint density at radius 2 is 1.95 bits per heavy atom. The Kier molecular flexibility index (Phi) is 5.16. The standard InChI is InChI=1S/C16H14BrNO4/c1-10-6-7-13(12(17)8-10)18-15(20)9-22-16(21)11-4-2-3-5-14(11)19/h2-8,19H,9H2,1H3,(H,18,20). The molecule has 2 N–H and O–H groups in total. The third-order valence-electron chi connectivity index (χ3n) is 2.86. The summed E-state index contributed by atoms with van der Waals surface area (Å²) >= 11 is 3.35. The van der Waals surface area contributed by atoms with Crippen molar-refractivity contribution >= 4 is 33.5 Å². The van der Waals surface area contributed by atoms with Crippen molar-refractivity contribution in [2.75, 3.05) is 11.9 Å². The molecular formula is C16H14BrNO4. The van der Waals surface area contributed by atoms with Crippen molar-refractivity contribution in [1.82, 2.24) is 0 Å². The molecule has 0 aliphatic rings. The predicted molar refractivity (Wildman–Crippen MR) is 85.9 cm³/mol. The summed E-state index contributed by atoms with van der Waals surface area (Å²) in [5.74, 6) is -1.40. The Morgan fingerprint density at radius 1 is 1.23 bits per heavy atom. The number of halogens is 1. The third kappa shape index (κ3) is 4.08. The number of ether oxygens (including phenoxy) is 1. The van der Waals surface area contributed by atoms with E-state index in [2.05, 4.69) is 21.2 Å². The highest BCUT2D eigenvalue weighted by molar-refractivity contribution is 9.10. The van der Waals surface area contributed by atoms with Gasteiger partial charge in [0.15, 0.2) is 6.61 Å².